The standard InChI is InChI=1S/C8H17N.C2H6/c1-3-8-5-4-6-9-7(8)2;1-2/h7-9H,3-6H2,1-2H3;1-2H3. The molecule has 1 rings (SSSR count). The van der Waals surface area contributed by atoms with Gasteiger partial charge in [0.1, 0.15) is 0 Å². The van der Waals surface area contributed by atoms with Crippen molar-refractivity contribution in [3.05, 3.63) is 0 Å². The molecule has 0 aromatic heterocycles. The highest BCUT2D eigenvalue weighted by Gasteiger charge is 2.17. The molecule has 0 radical (unpaired) electrons. The highest BCUT2D eigenvalue weighted by Crippen LogP contribution is 2.18. The summed E-state index contributed by atoms with van der Waals surface area (Å²) in [5.74, 6) is 0.943. The Balaban J connectivity index is 0.000000461. The maximum atomic E-state index is 3.48. The number of rotatable bonds is 1. The van der Waals surface area contributed by atoms with Crippen LogP contribution in [0.25, 0.3) is 0 Å². The first-order chi connectivity index (χ1) is 5.34. The monoisotopic (exact) mass is 157 g/mol. The first kappa shape index (κ1) is 11.0. The van der Waals surface area contributed by atoms with E-state index in [0.717, 1.165) is 12.0 Å². The summed E-state index contributed by atoms with van der Waals surface area (Å²) in [5.41, 5.74) is 0. The molecule has 2 unspecified atom stereocenters. The van der Waals surface area contributed by atoms with Crippen LogP contribution in [0, 0.1) is 5.92 Å². The average molecular weight is 157 g/mol. The molecule has 1 fully saturated rings. The number of nitrogens with one attached hydrogen (secondary N) is 1. The van der Waals surface area contributed by atoms with E-state index in [-0.39, 0.29) is 0 Å². The molecule has 1 saturated heterocycles. The quantitative estimate of drug-likeness (QED) is 0.617. The van der Waals surface area contributed by atoms with Crippen LogP contribution in [-0.4, -0.2) is 12.6 Å². The van der Waals surface area contributed by atoms with E-state index in [1.54, 1.807) is 0 Å². The zero-order valence-corrected chi connectivity index (χ0v) is 8.48. The highest BCUT2D eigenvalue weighted by molar-refractivity contribution is 4.75. The van der Waals surface area contributed by atoms with Crippen LogP contribution in [-0.2, 0) is 0 Å². The van der Waals surface area contributed by atoms with E-state index in [2.05, 4.69) is 19.2 Å². The topological polar surface area (TPSA) is 12.0 Å². The predicted molar refractivity (Wildman–Crippen MR) is 51.8 cm³/mol. The summed E-state index contributed by atoms with van der Waals surface area (Å²) >= 11 is 0. The smallest absolute Gasteiger partial charge is 0.00669 e. The number of hydrogen-bond donors (Lipinski definition) is 1. The predicted octanol–water partition coefficient (Wildman–Crippen LogP) is 2.81. The van der Waals surface area contributed by atoms with Crippen LogP contribution in [0.5, 0.6) is 0 Å². The van der Waals surface area contributed by atoms with E-state index in [1.165, 1.54) is 25.8 Å². The molecule has 0 aliphatic carbocycles. The van der Waals surface area contributed by atoms with Gasteiger partial charge < -0.3 is 5.32 Å². The first-order valence-electron chi connectivity index (χ1n) is 5.08. The molecule has 0 aromatic carbocycles. The van der Waals surface area contributed by atoms with Crippen LogP contribution < -0.4 is 5.32 Å². The summed E-state index contributed by atoms with van der Waals surface area (Å²) in [4.78, 5) is 0. The van der Waals surface area contributed by atoms with Crippen molar-refractivity contribution in [2.45, 2.75) is 53.0 Å². The molecule has 1 aliphatic heterocycles. The van der Waals surface area contributed by atoms with Gasteiger partial charge in [0.15, 0.2) is 0 Å². The lowest BCUT2D eigenvalue weighted by molar-refractivity contribution is 0.289. The van der Waals surface area contributed by atoms with E-state index in [4.69, 9.17) is 0 Å². The van der Waals surface area contributed by atoms with Crippen LogP contribution >= 0.6 is 0 Å². The molecule has 0 saturated carbocycles. The molecule has 1 heterocycles. The van der Waals surface area contributed by atoms with Crippen LogP contribution in [0.3, 0.4) is 0 Å². The second-order valence-corrected chi connectivity index (χ2v) is 3.05. The fraction of sp³-hybridized carbons (Fsp3) is 1.00. The Labute approximate surface area is 71.6 Å². The van der Waals surface area contributed by atoms with Gasteiger partial charge in [-0.1, -0.05) is 27.2 Å². The summed E-state index contributed by atoms with van der Waals surface area (Å²) in [6, 6.07) is 0.767. The Morgan fingerprint density at radius 2 is 2.00 bits per heavy atom. The molecule has 1 aliphatic rings. The molecule has 1 N–H and O–H groups in total. The van der Waals surface area contributed by atoms with Crippen LogP contribution in [0.4, 0.5) is 0 Å². The third kappa shape index (κ3) is 3.76. The lowest BCUT2D eigenvalue weighted by atomic mass is 9.90. The molecule has 0 amide bonds. The molecule has 68 valence electrons. The normalized spacial score (nSPS) is 30.5. The fourth-order valence-corrected chi connectivity index (χ4v) is 1.67. The highest BCUT2D eigenvalue weighted by atomic mass is 14.9. The molecule has 1 heteroatoms. The van der Waals surface area contributed by atoms with Crippen molar-refractivity contribution >= 4 is 0 Å². The van der Waals surface area contributed by atoms with E-state index in [1.807, 2.05) is 13.8 Å². The van der Waals surface area contributed by atoms with Gasteiger partial charge in [-0.25, -0.2) is 0 Å². The third-order valence-electron chi connectivity index (χ3n) is 2.45. The molecule has 0 spiro atoms. The van der Waals surface area contributed by atoms with Crippen LogP contribution in [0.15, 0.2) is 0 Å². The molecule has 1 nitrogen and oxygen atoms in total. The van der Waals surface area contributed by atoms with Gasteiger partial charge in [0.05, 0.1) is 0 Å². The second kappa shape index (κ2) is 6.66. The Hall–Kier alpha value is -0.0400. The molecule has 0 aromatic rings. The fourth-order valence-electron chi connectivity index (χ4n) is 1.67. The number of hydrogen-bond acceptors (Lipinski definition) is 1. The summed E-state index contributed by atoms with van der Waals surface area (Å²) in [6.45, 7) is 9.82. The van der Waals surface area contributed by atoms with Crippen molar-refractivity contribution in [3.8, 4) is 0 Å². The minimum absolute atomic E-state index is 0.767. The molecule has 11 heavy (non-hydrogen) atoms. The van der Waals surface area contributed by atoms with Crippen molar-refractivity contribution in [1.29, 1.82) is 0 Å². The van der Waals surface area contributed by atoms with Gasteiger partial charge >= 0.3 is 0 Å². The Morgan fingerprint density at radius 3 is 2.36 bits per heavy atom. The summed E-state index contributed by atoms with van der Waals surface area (Å²) in [6.07, 6.45) is 4.15. The summed E-state index contributed by atoms with van der Waals surface area (Å²) < 4.78 is 0. The van der Waals surface area contributed by atoms with Crippen molar-refractivity contribution in [2.24, 2.45) is 5.92 Å². The molecule has 0 bridgehead atoms. The van der Waals surface area contributed by atoms with Crippen LogP contribution in [0.2, 0.25) is 0 Å². The van der Waals surface area contributed by atoms with Crippen molar-refractivity contribution in [1.82, 2.24) is 5.32 Å². The van der Waals surface area contributed by atoms with Crippen molar-refractivity contribution in [3.63, 3.8) is 0 Å². The van der Waals surface area contributed by atoms with Gasteiger partial charge in [0.25, 0.3) is 0 Å². The Kier molecular flexibility index (Phi) is 6.63. The van der Waals surface area contributed by atoms with Crippen molar-refractivity contribution in [2.75, 3.05) is 6.54 Å². The second-order valence-electron chi connectivity index (χ2n) is 3.05. The van der Waals surface area contributed by atoms with Gasteiger partial charge in [-0.05, 0) is 32.2 Å². The first-order valence-corrected chi connectivity index (χ1v) is 5.08. The lowest BCUT2D eigenvalue weighted by Gasteiger charge is -2.28. The minimum Gasteiger partial charge on any atom is -0.314 e. The van der Waals surface area contributed by atoms with Crippen molar-refractivity contribution < 1.29 is 0 Å². The van der Waals surface area contributed by atoms with E-state index in [0.29, 0.717) is 0 Å². The number of piperidine rings is 1. The van der Waals surface area contributed by atoms with Gasteiger partial charge in [-0.15, -0.1) is 0 Å². The third-order valence-corrected chi connectivity index (χ3v) is 2.45. The average Bonchev–Trinajstić information content (AvgIpc) is 2.09. The zero-order chi connectivity index (χ0) is 8.69. The Bertz CT molecular complexity index is 80.9. The molecular weight excluding hydrogens is 134 g/mol. The maximum Gasteiger partial charge on any atom is 0.00669 e. The van der Waals surface area contributed by atoms with Gasteiger partial charge in [-0.2, -0.15) is 0 Å². The minimum atomic E-state index is 0.767. The molecular formula is C10H23N. The van der Waals surface area contributed by atoms with Gasteiger partial charge in [-0.3, -0.25) is 0 Å². The maximum absolute atomic E-state index is 3.48. The summed E-state index contributed by atoms with van der Waals surface area (Å²) in [5, 5.41) is 3.48. The van der Waals surface area contributed by atoms with E-state index >= 15 is 0 Å². The summed E-state index contributed by atoms with van der Waals surface area (Å²) in [7, 11) is 0. The van der Waals surface area contributed by atoms with E-state index in [9.17, 15) is 0 Å². The van der Waals surface area contributed by atoms with Crippen LogP contribution in [0.1, 0.15) is 47.0 Å². The van der Waals surface area contributed by atoms with E-state index < -0.39 is 0 Å². The van der Waals surface area contributed by atoms with Gasteiger partial charge in [0, 0.05) is 6.04 Å². The zero-order valence-electron chi connectivity index (χ0n) is 8.48. The largest absolute Gasteiger partial charge is 0.314 e. The van der Waals surface area contributed by atoms with Gasteiger partial charge in [0.2, 0.25) is 0 Å². The Morgan fingerprint density at radius 1 is 1.36 bits per heavy atom. The lowest BCUT2D eigenvalue weighted by Crippen LogP contribution is -2.38. The SMILES string of the molecule is CC.CCC1CCCNC1C. The molecule has 2 atom stereocenters.